The fourth-order valence-corrected chi connectivity index (χ4v) is 2.51. The molecular weight excluding hydrogens is 256 g/mol. The van der Waals surface area contributed by atoms with Gasteiger partial charge in [-0.3, -0.25) is 4.90 Å². The van der Waals surface area contributed by atoms with Crippen LogP contribution in [0.3, 0.4) is 0 Å². The summed E-state index contributed by atoms with van der Waals surface area (Å²) in [6.45, 7) is 15.7. The number of benzene rings is 1. The van der Waals surface area contributed by atoms with E-state index in [0.717, 1.165) is 38.5 Å². The lowest BCUT2D eigenvalue weighted by atomic mass is 10.1. The van der Waals surface area contributed by atoms with Gasteiger partial charge in [0.15, 0.2) is 0 Å². The molecule has 1 aromatic carbocycles. The summed E-state index contributed by atoms with van der Waals surface area (Å²) in [5.41, 5.74) is 2.86. The molecule has 2 heteroatoms. The molecule has 0 spiro atoms. The molecule has 1 aromatic rings. The van der Waals surface area contributed by atoms with E-state index < -0.39 is 0 Å². The molecule has 21 heavy (non-hydrogen) atoms. The first-order valence-electron chi connectivity index (χ1n) is 8.59. The van der Waals surface area contributed by atoms with Crippen molar-refractivity contribution in [3.8, 4) is 0 Å². The maximum Gasteiger partial charge on any atom is 0.0236 e. The second-order valence-electron chi connectivity index (χ2n) is 6.48. The molecule has 1 N–H and O–H groups in total. The van der Waals surface area contributed by atoms with Crippen LogP contribution in [0.15, 0.2) is 24.3 Å². The molecule has 0 radical (unpaired) electrons. The number of nitrogens with zero attached hydrogens (tertiary/aromatic N) is 1. The molecule has 0 saturated heterocycles. The topological polar surface area (TPSA) is 15.3 Å². The van der Waals surface area contributed by atoms with Crippen LogP contribution in [-0.2, 0) is 13.0 Å². The molecule has 1 unspecified atom stereocenters. The largest absolute Gasteiger partial charge is 0.316 e. The molecule has 1 atom stereocenters. The molecular formula is C19H34N2. The van der Waals surface area contributed by atoms with Crippen molar-refractivity contribution in [1.29, 1.82) is 0 Å². The van der Waals surface area contributed by atoms with E-state index in [9.17, 15) is 0 Å². The van der Waals surface area contributed by atoms with Crippen LogP contribution in [0, 0.1) is 5.92 Å². The highest BCUT2D eigenvalue weighted by Gasteiger charge is 2.10. The van der Waals surface area contributed by atoms with Gasteiger partial charge in [-0.2, -0.15) is 0 Å². The van der Waals surface area contributed by atoms with Crippen LogP contribution in [0.2, 0.25) is 0 Å². The molecule has 0 aliphatic heterocycles. The predicted octanol–water partition coefficient (Wildman–Crippen LogP) is 4.10. The van der Waals surface area contributed by atoms with Gasteiger partial charge in [0, 0.05) is 12.6 Å². The Bertz CT molecular complexity index is 370. The molecule has 0 aliphatic rings. The van der Waals surface area contributed by atoms with E-state index in [2.05, 4.69) is 69.1 Å². The Morgan fingerprint density at radius 1 is 1.00 bits per heavy atom. The lowest BCUT2D eigenvalue weighted by molar-refractivity contribution is 0.206. The Labute approximate surface area is 131 Å². The first-order chi connectivity index (χ1) is 10.1. The molecule has 0 bridgehead atoms. The van der Waals surface area contributed by atoms with Crippen molar-refractivity contribution < 1.29 is 0 Å². The Morgan fingerprint density at radius 3 is 2.14 bits per heavy atom. The van der Waals surface area contributed by atoms with Crippen LogP contribution in [-0.4, -0.2) is 30.6 Å². The fourth-order valence-electron chi connectivity index (χ4n) is 2.51. The van der Waals surface area contributed by atoms with Gasteiger partial charge in [-0.25, -0.2) is 0 Å². The number of rotatable bonds is 10. The first-order valence-corrected chi connectivity index (χ1v) is 8.59. The van der Waals surface area contributed by atoms with Gasteiger partial charge >= 0.3 is 0 Å². The number of hydrogen-bond donors (Lipinski definition) is 1. The van der Waals surface area contributed by atoms with Gasteiger partial charge in [-0.1, -0.05) is 52.0 Å². The van der Waals surface area contributed by atoms with Crippen LogP contribution in [0.4, 0.5) is 0 Å². The van der Waals surface area contributed by atoms with E-state index in [0.29, 0.717) is 6.04 Å². The normalized spacial score (nSPS) is 13.1. The maximum absolute atomic E-state index is 3.50. The van der Waals surface area contributed by atoms with Gasteiger partial charge in [0.25, 0.3) is 0 Å². The van der Waals surface area contributed by atoms with Crippen molar-refractivity contribution in [2.45, 2.75) is 60.0 Å². The zero-order chi connectivity index (χ0) is 15.7. The van der Waals surface area contributed by atoms with Crippen molar-refractivity contribution in [2.75, 3.05) is 19.6 Å². The SMILES string of the molecule is CCC(C)N(CC)Cc1ccc(CCNCC(C)C)cc1. The summed E-state index contributed by atoms with van der Waals surface area (Å²) in [4.78, 5) is 2.54. The number of nitrogens with one attached hydrogen (secondary N) is 1. The highest BCUT2D eigenvalue weighted by molar-refractivity contribution is 5.22. The third-order valence-corrected chi connectivity index (χ3v) is 4.17. The Kier molecular flexibility index (Phi) is 8.63. The van der Waals surface area contributed by atoms with E-state index in [-0.39, 0.29) is 0 Å². The van der Waals surface area contributed by atoms with Gasteiger partial charge in [0.1, 0.15) is 0 Å². The predicted molar refractivity (Wildman–Crippen MR) is 93.7 cm³/mol. The number of hydrogen-bond acceptors (Lipinski definition) is 2. The van der Waals surface area contributed by atoms with E-state index in [1.807, 2.05) is 0 Å². The molecule has 0 aromatic heterocycles. The van der Waals surface area contributed by atoms with E-state index in [1.165, 1.54) is 17.5 Å². The highest BCUT2D eigenvalue weighted by atomic mass is 15.1. The zero-order valence-corrected chi connectivity index (χ0v) is 14.7. The second kappa shape index (κ2) is 9.97. The Morgan fingerprint density at radius 2 is 1.62 bits per heavy atom. The summed E-state index contributed by atoms with van der Waals surface area (Å²) in [6, 6.07) is 9.83. The Balaban J connectivity index is 2.42. The summed E-state index contributed by atoms with van der Waals surface area (Å²) >= 11 is 0. The van der Waals surface area contributed by atoms with Crippen molar-refractivity contribution in [1.82, 2.24) is 10.2 Å². The summed E-state index contributed by atoms with van der Waals surface area (Å²) in [7, 11) is 0. The van der Waals surface area contributed by atoms with Crippen LogP contribution >= 0.6 is 0 Å². The quantitative estimate of drug-likeness (QED) is 0.653. The lowest BCUT2D eigenvalue weighted by Gasteiger charge is -2.27. The van der Waals surface area contributed by atoms with Crippen molar-refractivity contribution in [3.05, 3.63) is 35.4 Å². The van der Waals surface area contributed by atoms with Crippen LogP contribution in [0.1, 0.15) is 52.2 Å². The minimum Gasteiger partial charge on any atom is -0.316 e. The van der Waals surface area contributed by atoms with Crippen LogP contribution in [0.5, 0.6) is 0 Å². The van der Waals surface area contributed by atoms with Gasteiger partial charge in [-0.05, 0) is 56.4 Å². The van der Waals surface area contributed by atoms with Gasteiger partial charge < -0.3 is 5.32 Å². The smallest absolute Gasteiger partial charge is 0.0236 e. The molecule has 2 nitrogen and oxygen atoms in total. The Hall–Kier alpha value is -0.860. The molecule has 0 heterocycles. The molecule has 0 saturated carbocycles. The third kappa shape index (κ3) is 7.10. The molecule has 1 rings (SSSR count). The molecule has 0 amide bonds. The van der Waals surface area contributed by atoms with Crippen molar-refractivity contribution in [2.24, 2.45) is 5.92 Å². The van der Waals surface area contributed by atoms with E-state index in [1.54, 1.807) is 0 Å². The average molecular weight is 290 g/mol. The van der Waals surface area contributed by atoms with Crippen LogP contribution in [0.25, 0.3) is 0 Å². The maximum atomic E-state index is 3.50. The summed E-state index contributed by atoms with van der Waals surface area (Å²) in [5, 5.41) is 3.50. The molecule has 0 aliphatic carbocycles. The second-order valence-corrected chi connectivity index (χ2v) is 6.48. The van der Waals surface area contributed by atoms with Gasteiger partial charge in [0.2, 0.25) is 0 Å². The van der Waals surface area contributed by atoms with Crippen LogP contribution < -0.4 is 5.32 Å². The fraction of sp³-hybridized carbons (Fsp3) is 0.684. The van der Waals surface area contributed by atoms with Gasteiger partial charge in [-0.15, -0.1) is 0 Å². The van der Waals surface area contributed by atoms with Crippen molar-refractivity contribution >= 4 is 0 Å². The third-order valence-electron chi connectivity index (χ3n) is 4.17. The minimum absolute atomic E-state index is 0.662. The monoisotopic (exact) mass is 290 g/mol. The van der Waals surface area contributed by atoms with Gasteiger partial charge in [0.05, 0.1) is 0 Å². The van der Waals surface area contributed by atoms with Crippen molar-refractivity contribution in [3.63, 3.8) is 0 Å². The molecule has 120 valence electrons. The zero-order valence-electron chi connectivity index (χ0n) is 14.7. The minimum atomic E-state index is 0.662. The van der Waals surface area contributed by atoms with E-state index in [4.69, 9.17) is 0 Å². The summed E-state index contributed by atoms with van der Waals surface area (Å²) < 4.78 is 0. The highest BCUT2D eigenvalue weighted by Crippen LogP contribution is 2.11. The summed E-state index contributed by atoms with van der Waals surface area (Å²) in [6.07, 6.45) is 2.34. The average Bonchev–Trinajstić information content (AvgIpc) is 2.49. The standard InChI is InChI=1S/C19H34N2/c1-6-17(5)21(7-2)15-19-10-8-18(9-11-19)12-13-20-14-16(3)4/h8-11,16-17,20H,6-7,12-15H2,1-5H3. The van der Waals surface area contributed by atoms with E-state index >= 15 is 0 Å². The summed E-state index contributed by atoms with van der Waals surface area (Å²) in [5.74, 6) is 0.730. The first kappa shape index (κ1) is 18.2. The lowest BCUT2D eigenvalue weighted by Crippen LogP contribution is -2.31. The molecule has 0 fully saturated rings.